The van der Waals surface area contributed by atoms with Crippen molar-refractivity contribution in [3.8, 4) is 0 Å². The molecule has 3 aromatic rings. The van der Waals surface area contributed by atoms with Crippen LogP contribution in [-0.2, 0) is 22.8 Å². The first kappa shape index (κ1) is 20.7. The SMILES string of the molecule is CCc1ccc(CN(C(=O)c2oc3cc(C)ccc3c2C)[C@@H]2CCS(=O)(=O)C2)cc1. The van der Waals surface area contributed by atoms with Crippen LogP contribution in [0.15, 0.2) is 46.9 Å². The summed E-state index contributed by atoms with van der Waals surface area (Å²) in [4.78, 5) is 15.3. The number of nitrogens with zero attached hydrogens (tertiary/aromatic N) is 1. The minimum Gasteiger partial charge on any atom is -0.451 e. The van der Waals surface area contributed by atoms with Gasteiger partial charge in [0.25, 0.3) is 5.91 Å². The zero-order chi connectivity index (χ0) is 21.5. The van der Waals surface area contributed by atoms with Crippen LogP contribution in [0, 0.1) is 13.8 Å². The maximum atomic E-state index is 13.6. The average molecular weight is 426 g/mol. The minimum atomic E-state index is -3.12. The topological polar surface area (TPSA) is 67.6 Å². The number of carbonyl (C=O) groups is 1. The molecule has 0 aliphatic carbocycles. The van der Waals surface area contributed by atoms with Gasteiger partial charge in [0.2, 0.25) is 0 Å². The molecule has 0 spiro atoms. The largest absolute Gasteiger partial charge is 0.451 e. The van der Waals surface area contributed by atoms with Gasteiger partial charge >= 0.3 is 0 Å². The molecule has 4 rings (SSSR count). The van der Waals surface area contributed by atoms with E-state index in [1.165, 1.54) is 5.56 Å². The number of hydrogen-bond donors (Lipinski definition) is 0. The molecule has 0 N–H and O–H groups in total. The van der Waals surface area contributed by atoms with Crippen LogP contribution in [0.4, 0.5) is 0 Å². The number of amides is 1. The lowest BCUT2D eigenvalue weighted by Gasteiger charge is -2.28. The Kier molecular flexibility index (Phi) is 5.45. The van der Waals surface area contributed by atoms with Crippen LogP contribution in [0.25, 0.3) is 11.0 Å². The lowest BCUT2D eigenvalue weighted by Crippen LogP contribution is -2.40. The fourth-order valence-electron chi connectivity index (χ4n) is 4.13. The quantitative estimate of drug-likeness (QED) is 0.606. The second kappa shape index (κ2) is 7.91. The van der Waals surface area contributed by atoms with Crippen molar-refractivity contribution in [1.29, 1.82) is 0 Å². The van der Waals surface area contributed by atoms with E-state index in [-0.39, 0.29) is 23.5 Å². The molecule has 1 aliphatic rings. The summed E-state index contributed by atoms with van der Waals surface area (Å²) in [5.74, 6) is 0.173. The number of carbonyl (C=O) groups excluding carboxylic acids is 1. The smallest absolute Gasteiger partial charge is 0.290 e. The predicted molar refractivity (Wildman–Crippen MR) is 118 cm³/mol. The van der Waals surface area contributed by atoms with Gasteiger partial charge in [0.15, 0.2) is 15.6 Å². The Hall–Kier alpha value is -2.60. The molecule has 158 valence electrons. The van der Waals surface area contributed by atoms with E-state index in [2.05, 4.69) is 19.1 Å². The van der Waals surface area contributed by atoms with Gasteiger partial charge in [-0.1, -0.05) is 43.3 Å². The maximum absolute atomic E-state index is 13.6. The fraction of sp³-hybridized carbons (Fsp3) is 0.375. The molecule has 5 nitrogen and oxygen atoms in total. The van der Waals surface area contributed by atoms with Crippen molar-refractivity contribution in [1.82, 2.24) is 4.90 Å². The van der Waals surface area contributed by atoms with Crippen molar-refractivity contribution in [2.24, 2.45) is 0 Å². The van der Waals surface area contributed by atoms with Gasteiger partial charge in [0.05, 0.1) is 11.5 Å². The molecule has 0 unspecified atom stereocenters. The molecule has 2 heterocycles. The number of hydrogen-bond acceptors (Lipinski definition) is 4. The number of furan rings is 1. The molecule has 6 heteroatoms. The van der Waals surface area contributed by atoms with Gasteiger partial charge in [-0.3, -0.25) is 4.79 Å². The Morgan fingerprint density at radius 3 is 2.43 bits per heavy atom. The lowest BCUT2D eigenvalue weighted by molar-refractivity contribution is 0.0649. The third kappa shape index (κ3) is 4.01. The molecule has 0 saturated carbocycles. The Bertz CT molecular complexity index is 1190. The van der Waals surface area contributed by atoms with Gasteiger partial charge < -0.3 is 9.32 Å². The van der Waals surface area contributed by atoms with Crippen molar-refractivity contribution in [3.63, 3.8) is 0 Å². The van der Waals surface area contributed by atoms with Crippen molar-refractivity contribution >= 4 is 26.7 Å². The normalized spacial score (nSPS) is 18.0. The highest BCUT2D eigenvalue weighted by Crippen LogP contribution is 2.29. The van der Waals surface area contributed by atoms with Gasteiger partial charge in [0, 0.05) is 23.5 Å². The average Bonchev–Trinajstić information content (AvgIpc) is 3.24. The Morgan fingerprint density at radius 2 is 1.80 bits per heavy atom. The molecule has 0 radical (unpaired) electrons. The van der Waals surface area contributed by atoms with Crippen LogP contribution >= 0.6 is 0 Å². The molecule has 1 aliphatic heterocycles. The summed E-state index contributed by atoms with van der Waals surface area (Å²) in [7, 11) is -3.12. The van der Waals surface area contributed by atoms with E-state index in [0.29, 0.717) is 24.3 Å². The number of sulfone groups is 1. The third-order valence-corrected chi connectivity index (χ3v) is 7.73. The van der Waals surface area contributed by atoms with Crippen LogP contribution in [0.2, 0.25) is 0 Å². The van der Waals surface area contributed by atoms with Crippen molar-refractivity contribution in [2.45, 2.75) is 46.2 Å². The van der Waals surface area contributed by atoms with Gasteiger partial charge in [-0.15, -0.1) is 0 Å². The summed E-state index contributed by atoms with van der Waals surface area (Å²) in [5, 5.41) is 0.912. The molecule has 1 fully saturated rings. The van der Waals surface area contributed by atoms with Crippen molar-refractivity contribution in [2.75, 3.05) is 11.5 Å². The van der Waals surface area contributed by atoms with Crippen LogP contribution in [-0.4, -0.2) is 36.8 Å². The third-order valence-electron chi connectivity index (χ3n) is 5.98. The number of benzene rings is 2. The van der Waals surface area contributed by atoms with E-state index < -0.39 is 9.84 Å². The highest BCUT2D eigenvalue weighted by atomic mass is 32.2. The van der Waals surface area contributed by atoms with E-state index in [1.807, 2.05) is 44.2 Å². The summed E-state index contributed by atoms with van der Waals surface area (Å²) in [5.41, 5.74) is 4.74. The van der Waals surface area contributed by atoms with E-state index >= 15 is 0 Å². The summed E-state index contributed by atoms with van der Waals surface area (Å²) >= 11 is 0. The van der Waals surface area contributed by atoms with E-state index in [0.717, 1.165) is 28.5 Å². The zero-order valence-electron chi connectivity index (χ0n) is 17.6. The van der Waals surface area contributed by atoms with Crippen LogP contribution in [0.1, 0.15) is 46.2 Å². The highest BCUT2D eigenvalue weighted by Gasteiger charge is 2.36. The molecule has 2 aromatic carbocycles. The molecule has 1 aromatic heterocycles. The predicted octanol–water partition coefficient (Wildman–Crippen LogP) is 4.44. The van der Waals surface area contributed by atoms with Crippen molar-refractivity contribution in [3.05, 3.63) is 70.5 Å². The molecule has 0 bridgehead atoms. The standard InChI is InChI=1S/C24H27NO4S/c1-4-18-6-8-19(9-7-18)14-25(20-11-12-30(27,28)15-20)24(26)23-17(3)21-10-5-16(2)13-22(21)29-23/h5-10,13,20H,4,11-12,14-15H2,1-3H3/t20-/m1/s1. The monoisotopic (exact) mass is 425 g/mol. The zero-order valence-corrected chi connectivity index (χ0v) is 18.5. The minimum absolute atomic E-state index is 0.00413. The fourth-order valence-corrected chi connectivity index (χ4v) is 5.86. The highest BCUT2D eigenvalue weighted by molar-refractivity contribution is 7.91. The van der Waals surface area contributed by atoms with Gasteiger partial charge in [0.1, 0.15) is 5.58 Å². The van der Waals surface area contributed by atoms with E-state index in [9.17, 15) is 13.2 Å². The number of fused-ring (bicyclic) bond motifs is 1. The molecule has 1 amide bonds. The van der Waals surface area contributed by atoms with Crippen LogP contribution in [0.5, 0.6) is 0 Å². The number of aryl methyl sites for hydroxylation is 3. The Labute approximate surface area is 177 Å². The first-order valence-corrected chi connectivity index (χ1v) is 12.2. The summed E-state index contributed by atoms with van der Waals surface area (Å²) < 4.78 is 30.2. The van der Waals surface area contributed by atoms with Gasteiger partial charge in [-0.2, -0.15) is 0 Å². The summed E-state index contributed by atoms with van der Waals surface area (Å²) in [6, 6.07) is 13.7. The first-order valence-electron chi connectivity index (χ1n) is 10.4. The van der Waals surface area contributed by atoms with Crippen LogP contribution in [0.3, 0.4) is 0 Å². The second-order valence-corrected chi connectivity index (χ2v) is 10.4. The summed E-state index contributed by atoms with van der Waals surface area (Å²) in [6.07, 6.45) is 1.40. The second-order valence-electron chi connectivity index (χ2n) is 8.22. The van der Waals surface area contributed by atoms with Crippen LogP contribution < -0.4 is 0 Å². The number of rotatable bonds is 5. The molecule has 1 saturated heterocycles. The maximum Gasteiger partial charge on any atom is 0.290 e. The molecule has 30 heavy (non-hydrogen) atoms. The molecular formula is C24H27NO4S. The van der Waals surface area contributed by atoms with Gasteiger partial charge in [-0.05, 0) is 49.4 Å². The van der Waals surface area contributed by atoms with Gasteiger partial charge in [-0.25, -0.2) is 8.42 Å². The molecule has 1 atom stereocenters. The summed E-state index contributed by atoms with van der Waals surface area (Å²) in [6.45, 7) is 6.32. The first-order chi connectivity index (χ1) is 14.3. The Morgan fingerprint density at radius 1 is 1.10 bits per heavy atom. The van der Waals surface area contributed by atoms with Crippen molar-refractivity contribution < 1.29 is 17.6 Å². The lowest BCUT2D eigenvalue weighted by atomic mass is 10.1. The molecular weight excluding hydrogens is 398 g/mol. The Balaban J connectivity index is 1.71. The van der Waals surface area contributed by atoms with E-state index in [1.54, 1.807) is 4.90 Å². The van der Waals surface area contributed by atoms with E-state index in [4.69, 9.17) is 4.42 Å².